The van der Waals surface area contributed by atoms with Gasteiger partial charge in [0.1, 0.15) is 0 Å². The van der Waals surface area contributed by atoms with Crippen molar-refractivity contribution in [1.82, 2.24) is 9.55 Å². The zero-order chi connectivity index (χ0) is 20.7. The predicted octanol–water partition coefficient (Wildman–Crippen LogP) is 4.38. The first-order valence-corrected chi connectivity index (χ1v) is 9.58. The second kappa shape index (κ2) is 10.0. The van der Waals surface area contributed by atoms with Gasteiger partial charge in [0.05, 0.1) is 11.9 Å². The number of aliphatic carboxylic acids is 2. The van der Waals surface area contributed by atoms with Gasteiger partial charge in [-0.3, -0.25) is 0 Å². The number of halogens is 2. The summed E-state index contributed by atoms with van der Waals surface area (Å²) in [6, 6.07) is 16.5. The van der Waals surface area contributed by atoms with E-state index < -0.39 is 11.9 Å². The van der Waals surface area contributed by atoms with Crippen molar-refractivity contribution in [3.63, 3.8) is 0 Å². The largest absolute Gasteiger partial charge is 0.473 e. The Morgan fingerprint density at radius 3 is 1.96 bits per heavy atom. The van der Waals surface area contributed by atoms with Crippen LogP contribution in [-0.4, -0.2) is 31.7 Å². The molecule has 3 rings (SSSR count). The fourth-order valence-electron chi connectivity index (χ4n) is 2.25. The van der Waals surface area contributed by atoms with Crippen LogP contribution >= 0.6 is 31.9 Å². The normalized spacial score (nSPS) is 9.96. The molecule has 1 heterocycles. The molecule has 0 aliphatic heterocycles. The zero-order valence-electron chi connectivity index (χ0n) is 14.8. The van der Waals surface area contributed by atoms with Gasteiger partial charge >= 0.3 is 11.9 Å². The highest BCUT2D eigenvalue weighted by molar-refractivity contribution is 9.10. The van der Waals surface area contributed by atoms with Crippen LogP contribution in [0.1, 0.15) is 5.56 Å². The first-order valence-electron chi connectivity index (χ1n) is 8.00. The molecule has 7 nitrogen and oxygen atoms in total. The van der Waals surface area contributed by atoms with E-state index in [2.05, 4.69) is 71.0 Å². The fourth-order valence-corrected chi connectivity index (χ4v) is 2.77. The summed E-state index contributed by atoms with van der Waals surface area (Å²) in [5, 5.41) is 18.2. The minimum absolute atomic E-state index is 0.748. The minimum Gasteiger partial charge on any atom is -0.473 e. The summed E-state index contributed by atoms with van der Waals surface area (Å²) in [7, 11) is 2.02. The molecule has 0 radical (unpaired) electrons. The van der Waals surface area contributed by atoms with Crippen LogP contribution in [0.4, 0.5) is 5.95 Å². The summed E-state index contributed by atoms with van der Waals surface area (Å²) in [4.78, 5) is 22.7. The Balaban J connectivity index is 0.000000409. The third-order valence-electron chi connectivity index (χ3n) is 3.68. The molecule has 0 unspecified atom stereocenters. The van der Waals surface area contributed by atoms with Crippen LogP contribution in [0.3, 0.4) is 0 Å². The first kappa shape index (κ1) is 21.6. The predicted molar refractivity (Wildman–Crippen MR) is 113 cm³/mol. The van der Waals surface area contributed by atoms with E-state index in [1.807, 2.05) is 37.5 Å². The summed E-state index contributed by atoms with van der Waals surface area (Å²) in [6.45, 7) is 0.748. The molecular weight excluding hydrogens is 494 g/mol. The molecule has 9 heteroatoms. The average Bonchev–Trinajstić information content (AvgIpc) is 3.03. The maximum atomic E-state index is 9.10. The van der Waals surface area contributed by atoms with Crippen LogP contribution < -0.4 is 5.32 Å². The molecule has 146 valence electrons. The van der Waals surface area contributed by atoms with Gasteiger partial charge in [-0.2, -0.15) is 0 Å². The number of carboxylic acid groups (broad SMARTS) is 2. The third-order valence-corrected chi connectivity index (χ3v) is 4.73. The van der Waals surface area contributed by atoms with E-state index in [0.717, 1.165) is 32.7 Å². The number of nitrogens with one attached hydrogen (secondary N) is 1. The number of nitrogens with zero attached hydrogens (tertiary/aromatic N) is 2. The van der Waals surface area contributed by atoms with Crippen LogP contribution in [0.2, 0.25) is 0 Å². The molecule has 0 saturated carbocycles. The van der Waals surface area contributed by atoms with E-state index in [-0.39, 0.29) is 0 Å². The molecule has 0 saturated heterocycles. The third kappa shape index (κ3) is 6.21. The summed E-state index contributed by atoms with van der Waals surface area (Å²) in [5.41, 5.74) is 3.46. The van der Waals surface area contributed by atoms with Crippen molar-refractivity contribution in [2.45, 2.75) is 6.54 Å². The standard InChI is InChI=1S/C17H15Br2N3.C2H2O4/c1-22-16(13-4-8-15(19)9-5-13)11-21-17(22)20-10-12-2-6-14(18)7-3-12;3-1(4)2(5)6/h2-9,11H,10H2,1H3,(H,20,21);(H,3,4)(H,5,6). The van der Waals surface area contributed by atoms with E-state index in [1.54, 1.807) is 0 Å². The van der Waals surface area contributed by atoms with Crippen molar-refractivity contribution >= 4 is 49.7 Å². The van der Waals surface area contributed by atoms with Crippen molar-refractivity contribution in [3.05, 3.63) is 69.2 Å². The molecule has 0 atom stereocenters. The lowest BCUT2D eigenvalue weighted by molar-refractivity contribution is -0.159. The number of aromatic nitrogens is 2. The van der Waals surface area contributed by atoms with Crippen molar-refractivity contribution < 1.29 is 19.8 Å². The summed E-state index contributed by atoms with van der Waals surface area (Å²) >= 11 is 6.91. The van der Waals surface area contributed by atoms with Crippen molar-refractivity contribution in [2.75, 3.05) is 5.32 Å². The van der Waals surface area contributed by atoms with Gasteiger partial charge in [0.25, 0.3) is 0 Å². The molecule has 1 aromatic heterocycles. The number of rotatable bonds is 4. The molecule has 2 aromatic carbocycles. The molecule has 0 fully saturated rings. The lowest BCUT2D eigenvalue weighted by atomic mass is 10.2. The van der Waals surface area contributed by atoms with Crippen LogP contribution in [0.5, 0.6) is 0 Å². The highest BCUT2D eigenvalue weighted by Gasteiger charge is 2.08. The van der Waals surface area contributed by atoms with Gasteiger partial charge in [-0.25, -0.2) is 14.6 Å². The first-order chi connectivity index (χ1) is 13.3. The second-order valence-corrected chi connectivity index (χ2v) is 7.45. The number of carbonyl (C=O) groups is 2. The number of hydrogen-bond acceptors (Lipinski definition) is 4. The Morgan fingerprint density at radius 1 is 0.964 bits per heavy atom. The van der Waals surface area contributed by atoms with Crippen LogP contribution in [0.15, 0.2) is 63.7 Å². The van der Waals surface area contributed by atoms with Gasteiger partial charge in [0.15, 0.2) is 0 Å². The molecule has 3 aromatic rings. The number of carboxylic acids is 2. The van der Waals surface area contributed by atoms with Crippen molar-refractivity contribution in [1.29, 1.82) is 0 Å². The minimum atomic E-state index is -1.82. The molecule has 0 aliphatic rings. The Kier molecular flexibility index (Phi) is 7.77. The molecule has 0 amide bonds. The molecule has 0 bridgehead atoms. The molecular formula is C19H17Br2N3O4. The quantitative estimate of drug-likeness (QED) is 0.450. The van der Waals surface area contributed by atoms with Gasteiger partial charge in [0.2, 0.25) is 5.95 Å². The van der Waals surface area contributed by atoms with Gasteiger partial charge in [0, 0.05) is 22.5 Å². The summed E-state index contributed by atoms with van der Waals surface area (Å²) < 4.78 is 4.24. The van der Waals surface area contributed by atoms with Crippen LogP contribution in [0, 0.1) is 0 Å². The number of benzene rings is 2. The van der Waals surface area contributed by atoms with Crippen LogP contribution in [0.25, 0.3) is 11.3 Å². The summed E-state index contributed by atoms with van der Waals surface area (Å²) in [6.07, 6.45) is 1.90. The smallest absolute Gasteiger partial charge is 0.414 e. The lowest BCUT2D eigenvalue weighted by Crippen LogP contribution is -2.09. The lowest BCUT2D eigenvalue weighted by Gasteiger charge is -2.09. The van der Waals surface area contributed by atoms with E-state index >= 15 is 0 Å². The van der Waals surface area contributed by atoms with Crippen molar-refractivity contribution in [3.8, 4) is 11.3 Å². The van der Waals surface area contributed by atoms with E-state index in [1.165, 1.54) is 5.56 Å². The van der Waals surface area contributed by atoms with Gasteiger partial charge in [-0.05, 0) is 35.4 Å². The maximum absolute atomic E-state index is 9.10. The van der Waals surface area contributed by atoms with Gasteiger partial charge in [-0.1, -0.05) is 56.1 Å². The van der Waals surface area contributed by atoms with E-state index in [0.29, 0.717) is 0 Å². The number of anilines is 1. The molecule has 0 aliphatic carbocycles. The Labute approximate surface area is 178 Å². The van der Waals surface area contributed by atoms with Crippen LogP contribution in [-0.2, 0) is 23.2 Å². The zero-order valence-corrected chi connectivity index (χ0v) is 17.9. The maximum Gasteiger partial charge on any atom is 0.414 e. The van der Waals surface area contributed by atoms with Gasteiger partial charge < -0.3 is 20.1 Å². The Hall–Kier alpha value is -2.65. The highest BCUT2D eigenvalue weighted by atomic mass is 79.9. The number of imidazole rings is 1. The summed E-state index contributed by atoms with van der Waals surface area (Å²) in [5.74, 6) is -2.79. The molecule has 0 spiro atoms. The Morgan fingerprint density at radius 2 is 1.46 bits per heavy atom. The SMILES string of the molecule is Cn1c(-c2ccc(Br)cc2)cnc1NCc1ccc(Br)cc1.O=C(O)C(=O)O. The monoisotopic (exact) mass is 509 g/mol. The van der Waals surface area contributed by atoms with Crippen molar-refractivity contribution in [2.24, 2.45) is 7.05 Å². The van der Waals surface area contributed by atoms with E-state index in [9.17, 15) is 0 Å². The number of hydrogen-bond donors (Lipinski definition) is 3. The van der Waals surface area contributed by atoms with Gasteiger partial charge in [-0.15, -0.1) is 0 Å². The molecule has 28 heavy (non-hydrogen) atoms. The topological polar surface area (TPSA) is 104 Å². The second-order valence-electron chi connectivity index (χ2n) is 5.62. The fraction of sp³-hybridized carbons (Fsp3) is 0.105. The average molecular weight is 511 g/mol. The highest BCUT2D eigenvalue weighted by Crippen LogP contribution is 2.24. The Bertz CT molecular complexity index is 942. The van der Waals surface area contributed by atoms with E-state index in [4.69, 9.17) is 19.8 Å². The molecule has 3 N–H and O–H groups in total.